The van der Waals surface area contributed by atoms with Crippen molar-refractivity contribution in [3.05, 3.63) is 12.2 Å². The summed E-state index contributed by atoms with van der Waals surface area (Å²) in [7, 11) is 1.46. The van der Waals surface area contributed by atoms with Gasteiger partial charge in [-0.05, 0) is 25.7 Å². The summed E-state index contributed by atoms with van der Waals surface area (Å²) in [5.74, 6) is 6.37. The Hall–Kier alpha value is -1.23. The lowest BCUT2D eigenvalue weighted by atomic mass is 10.1. The summed E-state index contributed by atoms with van der Waals surface area (Å²) in [6.07, 6.45) is 20.6. The van der Waals surface area contributed by atoms with E-state index in [0.717, 1.165) is 25.7 Å². The Bertz CT molecular complexity index is 347. The molecule has 23 heavy (non-hydrogen) atoms. The molecule has 0 aliphatic carbocycles. The van der Waals surface area contributed by atoms with Gasteiger partial charge in [-0.15, -0.1) is 5.92 Å². The average molecular weight is 321 g/mol. The molecule has 0 bridgehead atoms. The van der Waals surface area contributed by atoms with Crippen LogP contribution in [0.5, 0.6) is 0 Å². The molecule has 0 radical (unpaired) electrons. The van der Waals surface area contributed by atoms with Gasteiger partial charge in [0.25, 0.3) is 0 Å². The molecule has 132 valence electrons. The van der Waals surface area contributed by atoms with Crippen LogP contribution in [0, 0.1) is 11.8 Å². The first-order chi connectivity index (χ1) is 11.3. The van der Waals surface area contributed by atoms with E-state index in [1.54, 1.807) is 0 Å². The van der Waals surface area contributed by atoms with Gasteiger partial charge in [-0.2, -0.15) is 0 Å². The maximum absolute atomic E-state index is 10.9. The highest BCUT2D eigenvalue weighted by Crippen LogP contribution is 2.10. The molecular weight excluding hydrogens is 284 g/mol. The zero-order valence-electron chi connectivity index (χ0n) is 15.4. The third-order valence-corrected chi connectivity index (χ3v) is 3.90. The van der Waals surface area contributed by atoms with Crippen molar-refractivity contribution in [2.45, 2.75) is 96.8 Å². The number of allylic oxidation sites excluding steroid dienone is 2. The van der Waals surface area contributed by atoms with Gasteiger partial charge in [-0.3, -0.25) is 4.79 Å². The van der Waals surface area contributed by atoms with Crippen molar-refractivity contribution < 1.29 is 9.53 Å². The standard InChI is InChI=1S/C21H36O2/c1-3-4-5-6-7-8-9-10-11-12-13-14-15-16-17-18-19-20-21(22)23-2/h10-11H,3-6,9,12-20H2,1-2H3. The van der Waals surface area contributed by atoms with E-state index in [0.29, 0.717) is 6.42 Å². The number of unbranched alkanes of at least 4 members (excludes halogenated alkanes) is 10. The maximum Gasteiger partial charge on any atom is 0.305 e. The average Bonchev–Trinajstić information content (AvgIpc) is 2.57. The molecule has 0 saturated carbocycles. The Balaban J connectivity index is 3.20. The molecule has 0 atom stereocenters. The highest BCUT2D eigenvalue weighted by Gasteiger charge is 1.98. The summed E-state index contributed by atoms with van der Waals surface area (Å²) in [6.45, 7) is 2.22. The van der Waals surface area contributed by atoms with Crippen molar-refractivity contribution >= 4 is 5.97 Å². The van der Waals surface area contributed by atoms with E-state index in [-0.39, 0.29) is 5.97 Å². The van der Waals surface area contributed by atoms with Gasteiger partial charge >= 0.3 is 5.97 Å². The summed E-state index contributed by atoms with van der Waals surface area (Å²) >= 11 is 0. The molecule has 2 heteroatoms. The second kappa shape index (κ2) is 18.8. The minimum Gasteiger partial charge on any atom is -0.469 e. The van der Waals surface area contributed by atoms with Crippen molar-refractivity contribution in [3.63, 3.8) is 0 Å². The number of ether oxygens (including phenoxy) is 1. The smallest absolute Gasteiger partial charge is 0.305 e. The Morgan fingerprint density at radius 3 is 2.26 bits per heavy atom. The number of rotatable bonds is 14. The Morgan fingerprint density at radius 1 is 0.870 bits per heavy atom. The molecule has 0 saturated heterocycles. The zero-order chi connectivity index (χ0) is 17.0. The number of carbonyl (C=O) groups excluding carboxylic acids is 1. The first-order valence-corrected chi connectivity index (χ1v) is 9.48. The number of esters is 1. The van der Waals surface area contributed by atoms with Crippen LogP contribution in [-0.4, -0.2) is 13.1 Å². The highest BCUT2D eigenvalue weighted by atomic mass is 16.5. The molecule has 0 aliphatic rings. The lowest BCUT2D eigenvalue weighted by molar-refractivity contribution is -0.140. The van der Waals surface area contributed by atoms with Crippen LogP contribution in [0.2, 0.25) is 0 Å². The zero-order valence-corrected chi connectivity index (χ0v) is 15.4. The largest absolute Gasteiger partial charge is 0.469 e. The van der Waals surface area contributed by atoms with Crippen LogP contribution >= 0.6 is 0 Å². The molecule has 0 aliphatic heterocycles. The predicted octanol–water partition coefficient (Wildman–Crippen LogP) is 6.20. The van der Waals surface area contributed by atoms with Gasteiger partial charge in [0.05, 0.1) is 7.11 Å². The Morgan fingerprint density at radius 2 is 1.57 bits per heavy atom. The Labute approximate surface area is 144 Å². The van der Waals surface area contributed by atoms with E-state index < -0.39 is 0 Å². The number of carbonyl (C=O) groups is 1. The third-order valence-electron chi connectivity index (χ3n) is 3.90. The highest BCUT2D eigenvalue weighted by molar-refractivity contribution is 5.68. The minimum absolute atomic E-state index is 0.0811. The van der Waals surface area contributed by atoms with E-state index in [9.17, 15) is 4.79 Å². The van der Waals surface area contributed by atoms with Crippen LogP contribution in [0.3, 0.4) is 0 Å². The molecule has 0 spiro atoms. The fraction of sp³-hybridized carbons (Fsp3) is 0.762. The Kier molecular flexibility index (Phi) is 17.8. The van der Waals surface area contributed by atoms with Crippen molar-refractivity contribution in [1.29, 1.82) is 0 Å². The predicted molar refractivity (Wildman–Crippen MR) is 99.2 cm³/mol. The van der Waals surface area contributed by atoms with Crippen molar-refractivity contribution in [2.24, 2.45) is 0 Å². The second-order valence-electron chi connectivity index (χ2n) is 6.08. The van der Waals surface area contributed by atoms with Crippen LogP contribution < -0.4 is 0 Å². The lowest BCUT2D eigenvalue weighted by Crippen LogP contribution is -1.99. The van der Waals surface area contributed by atoms with Gasteiger partial charge in [-0.25, -0.2) is 0 Å². The summed E-state index contributed by atoms with van der Waals surface area (Å²) < 4.78 is 4.63. The molecular formula is C21H36O2. The number of hydrogen-bond acceptors (Lipinski definition) is 2. The van der Waals surface area contributed by atoms with E-state index in [1.807, 2.05) is 0 Å². The van der Waals surface area contributed by atoms with Crippen LogP contribution in [0.25, 0.3) is 0 Å². The van der Waals surface area contributed by atoms with Gasteiger partial charge in [0, 0.05) is 19.3 Å². The molecule has 0 aromatic rings. The third kappa shape index (κ3) is 18.7. The molecule has 0 N–H and O–H groups in total. The monoisotopic (exact) mass is 320 g/mol. The molecule has 2 nitrogen and oxygen atoms in total. The van der Waals surface area contributed by atoms with E-state index in [4.69, 9.17) is 0 Å². The van der Waals surface area contributed by atoms with Crippen LogP contribution in [-0.2, 0) is 9.53 Å². The van der Waals surface area contributed by atoms with Crippen molar-refractivity contribution in [3.8, 4) is 11.8 Å². The SMILES string of the molecule is CCCCCC#CCC=CCCCCCCCCCC(=O)OC. The summed E-state index contributed by atoms with van der Waals surface area (Å²) in [6, 6.07) is 0. The van der Waals surface area contributed by atoms with Gasteiger partial charge in [0.1, 0.15) is 0 Å². The van der Waals surface area contributed by atoms with Gasteiger partial charge in [0.2, 0.25) is 0 Å². The molecule has 0 rings (SSSR count). The van der Waals surface area contributed by atoms with Crippen LogP contribution in [0.15, 0.2) is 12.2 Å². The van der Waals surface area contributed by atoms with Gasteiger partial charge in [0.15, 0.2) is 0 Å². The second-order valence-corrected chi connectivity index (χ2v) is 6.08. The first kappa shape index (κ1) is 21.8. The summed E-state index contributed by atoms with van der Waals surface area (Å²) in [5.41, 5.74) is 0. The van der Waals surface area contributed by atoms with Gasteiger partial charge < -0.3 is 4.74 Å². The quantitative estimate of drug-likeness (QED) is 0.165. The van der Waals surface area contributed by atoms with E-state index in [1.165, 1.54) is 64.9 Å². The molecule has 0 amide bonds. The van der Waals surface area contributed by atoms with Crippen LogP contribution in [0.4, 0.5) is 0 Å². The number of methoxy groups -OCH3 is 1. The first-order valence-electron chi connectivity index (χ1n) is 9.48. The molecule has 0 aromatic heterocycles. The van der Waals surface area contributed by atoms with Crippen molar-refractivity contribution in [1.82, 2.24) is 0 Å². The fourth-order valence-corrected chi connectivity index (χ4v) is 2.40. The molecule has 0 unspecified atom stereocenters. The fourth-order valence-electron chi connectivity index (χ4n) is 2.40. The molecule has 0 aromatic carbocycles. The minimum atomic E-state index is -0.0811. The summed E-state index contributed by atoms with van der Waals surface area (Å²) in [4.78, 5) is 10.9. The topological polar surface area (TPSA) is 26.3 Å². The summed E-state index contributed by atoms with van der Waals surface area (Å²) in [5, 5.41) is 0. The van der Waals surface area contributed by atoms with E-state index in [2.05, 4.69) is 35.7 Å². The lowest BCUT2D eigenvalue weighted by Gasteiger charge is -2.01. The van der Waals surface area contributed by atoms with Gasteiger partial charge in [-0.1, -0.05) is 69.9 Å². The maximum atomic E-state index is 10.9. The normalized spacial score (nSPS) is 10.5. The van der Waals surface area contributed by atoms with E-state index >= 15 is 0 Å². The number of hydrogen-bond donors (Lipinski definition) is 0. The van der Waals surface area contributed by atoms with Crippen LogP contribution in [0.1, 0.15) is 96.8 Å². The molecule has 0 fully saturated rings. The van der Waals surface area contributed by atoms with Crippen molar-refractivity contribution in [2.75, 3.05) is 7.11 Å². The molecule has 0 heterocycles.